The van der Waals surface area contributed by atoms with Gasteiger partial charge in [0, 0.05) is 13.1 Å². The van der Waals surface area contributed by atoms with Crippen LogP contribution in [0.2, 0.25) is 0 Å². The minimum absolute atomic E-state index is 0.0241. The number of hydrogen-bond donors (Lipinski definition) is 2. The number of carbonyl (C=O) groups is 1. The van der Waals surface area contributed by atoms with Gasteiger partial charge in [0.1, 0.15) is 0 Å². The van der Waals surface area contributed by atoms with Crippen LogP contribution in [0.1, 0.15) is 19.4 Å². The van der Waals surface area contributed by atoms with Gasteiger partial charge in [-0.25, -0.2) is 0 Å². The smallest absolute Gasteiger partial charge is 0.234 e. The Hall–Kier alpha value is -1.61. The van der Waals surface area contributed by atoms with E-state index in [1.165, 1.54) is 5.57 Å². The molecule has 3 nitrogen and oxygen atoms in total. The number of hydrogen-bond acceptors (Lipinski definition) is 2. The quantitative estimate of drug-likeness (QED) is 0.580. The van der Waals surface area contributed by atoms with Gasteiger partial charge in [0.25, 0.3) is 0 Å². The lowest BCUT2D eigenvalue weighted by Gasteiger charge is -2.05. The Labute approximate surface area is 103 Å². The molecule has 0 saturated carbocycles. The van der Waals surface area contributed by atoms with Crippen molar-refractivity contribution in [1.82, 2.24) is 10.6 Å². The Morgan fingerprint density at radius 3 is 2.59 bits per heavy atom. The first-order valence-electron chi connectivity index (χ1n) is 5.83. The summed E-state index contributed by atoms with van der Waals surface area (Å²) >= 11 is 0. The van der Waals surface area contributed by atoms with Crippen LogP contribution < -0.4 is 10.6 Å². The van der Waals surface area contributed by atoms with E-state index in [-0.39, 0.29) is 5.91 Å². The van der Waals surface area contributed by atoms with Crippen molar-refractivity contribution in [3.05, 3.63) is 47.5 Å². The van der Waals surface area contributed by atoms with E-state index in [0.29, 0.717) is 13.1 Å². The molecule has 17 heavy (non-hydrogen) atoms. The van der Waals surface area contributed by atoms with Crippen molar-refractivity contribution in [1.29, 1.82) is 0 Å². The highest BCUT2D eigenvalue weighted by atomic mass is 16.1. The molecular formula is C14H20N2O. The van der Waals surface area contributed by atoms with Gasteiger partial charge < -0.3 is 10.6 Å². The van der Waals surface area contributed by atoms with E-state index in [1.54, 1.807) is 0 Å². The first-order valence-corrected chi connectivity index (χ1v) is 5.83. The lowest BCUT2D eigenvalue weighted by molar-refractivity contribution is -0.120. The van der Waals surface area contributed by atoms with E-state index in [4.69, 9.17) is 0 Å². The molecule has 0 aromatic heterocycles. The summed E-state index contributed by atoms with van der Waals surface area (Å²) in [6.07, 6.45) is 2.06. The molecule has 1 rings (SSSR count). The Bertz CT molecular complexity index is 367. The molecule has 3 heteroatoms. The molecule has 1 aromatic carbocycles. The molecule has 0 aliphatic carbocycles. The number of carbonyl (C=O) groups excluding carboxylic acids is 1. The van der Waals surface area contributed by atoms with Crippen molar-refractivity contribution in [2.75, 3.05) is 13.1 Å². The van der Waals surface area contributed by atoms with Gasteiger partial charge in [0.2, 0.25) is 5.91 Å². The van der Waals surface area contributed by atoms with Gasteiger partial charge in [0.15, 0.2) is 0 Å². The summed E-state index contributed by atoms with van der Waals surface area (Å²) < 4.78 is 0. The van der Waals surface area contributed by atoms with Crippen molar-refractivity contribution < 1.29 is 4.79 Å². The Balaban J connectivity index is 2.16. The van der Waals surface area contributed by atoms with Gasteiger partial charge in [0.05, 0.1) is 6.54 Å². The third-order valence-electron chi connectivity index (χ3n) is 2.27. The maximum Gasteiger partial charge on any atom is 0.234 e. The average Bonchev–Trinajstić information content (AvgIpc) is 2.33. The fourth-order valence-corrected chi connectivity index (χ4v) is 1.32. The number of nitrogens with one attached hydrogen (secondary N) is 2. The zero-order valence-electron chi connectivity index (χ0n) is 10.5. The lowest BCUT2D eigenvalue weighted by Crippen LogP contribution is -2.33. The molecule has 0 heterocycles. The number of rotatable bonds is 6. The van der Waals surface area contributed by atoms with Gasteiger partial charge in [-0.3, -0.25) is 4.79 Å². The highest BCUT2D eigenvalue weighted by Crippen LogP contribution is 1.96. The molecule has 0 atom stereocenters. The highest BCUT2D eigenvalue weighted by molar-refractivity contribution is 5.77. The summed E-state index contributed by atoms with van der Waals surface area (Å²) in [5, 5.41) is 5.93. The normalized spacial score (nSPS) is 9.76. The van der Waals surface area contributed by atoms with E-state index in [2.05, 4.69) is 16.7 Å². The minimum Gasteiger partial charge on any atom is -0.351 e. The molecule has 0 unspecified atom stereocenters. The molecule has 0 radical (unpaired) electrons. The van der Waals surface area contributed by atoms with Crippen LogP contribution in [0.5, 0.6) is 0 Å². The van der Waals surface area contributed by atoms with E-state index in [1.807, 2.05) is 44.2 Å². The number of benzene rings is 1. The van der Waals surface area contributed by atoms with Crippen LogP contribution in [-0.4, -0.2) is 19.0 Å². The first-order chi connectivity index (χ1) is 8.18. The topological polar surface area (TPSA) is 41.1 Å². The van der Waals surface area contributed by atoms with Crippen LogP contribution in [0.15, 0.2) is 42.0 Å². The summed E-state index contributed by atoms with van der Waals surface area (Å²) in [5.41, 5.74) is 2.37. The third kappa shape index (κ3) is 6.53. The van der Waals surface area contributed by atoms with Crippen molar-refractivity contribution in [3.8, 4) is 0 Å². The fraction of sp³-hybridized carbons (Fsp3) is 0.357. The maximum absolute atomic E-state index is 11.5. The van der Waals surface area contributed by atoms with Crippen LogP contribution in [-0.2, 0) is 11.3 Å². The third-order valence-corrected chi connectivity index (χ3v) is 2.27. The van der Waals surface area contributed by atoms with E-state index >= 15 is 0 Å². The predicted octanol–water partition coefficient (Wildman–Crippen LogP) is 1.86. The zero-order chi connectivity index (χ0) is 12.5. The molecule has 92 valence electrons. The van der Waals surface area contributed by atoms with Crippen molar-refractivity contribution in [3.63, 3.8) is 0 Å². The van der Waals surface area contributed by atoms with Gasteiger partial charge >= 0.3 is 0 Å². The van der Waals surface area contributed by atoms with E-state index < -0.39 is 0 Å². The molecule has 1 amide bonds. The molecule has 0 bridgehead atoms. The monoisotopic (exact) mass is 232 g/mol. The second-order valence-electron chi connectivity index (χ2n) is 4.17. The number of allylic oxidation sites excluding steroid dienone is 1. The molecule has 0 aliphatic rings. The Kier molecular flexibility index (Phi) is 6.04. The average molecular weight is 232 g/mol. The summed E-state index contributed by atoms with van der Waals surface area (Å²) in [6, 6.07) is 9.89. The molecule has 2 N–H and O–H groups in total. The molecule has 1 aromatic rings. The number of amides is 1. The zero-order valence-corrected chi connectivity index (χ0v) is 10.5. The Morgan fingerprint density at radius 2 is 1.94 bits per heavy atom. The Morgan fingerprint density at radius 1 is 1.24 bits per heavy atom. The van der Waals surface area contributed by atoms with Gasteiger partial charge in [-0.05, 0) is 19.4 Å². The maximum atomic E-state index is 11.5. The summed E-state index contributed by atoms with van der Waals surface area (Å²) in [7, 11) is 0. The molecular weight excluding hydrogens is 212 g/mol. The second-order valence-corrected chi connectivity index (χ2v) is 4.17. The summed E-state index contributed by atoms with van der Waals surface area (Å²) in [4.78, 5) is 11.5. The van der Waals surface area contributed by atoms with Crippen LogP contribution in [0.25, 0.3) is 0 Å². The van der Waals surface area contributed by atoms with Crippen LogP contribution in [0.3, 0.4) is 0 Å². The predicted molar refractivity (Wildman–Crippen MR) is 70.6 cm³/mol. The minimum atomic E-state index is 0.0241. The van der Waals surface area contributed by atoms with Crippen molar-refractivity contribution >= 4 is 5.91 Å². The molecule has 0 fully saturated rings. The highest BCUT2D eigenvalue weighted by Gasteiger charge is 1.99. The summed E-state index contributed by atoms with van der Waals surface area (Å²) in [6.45, 7) is 5.76. The van der Waals surface area contributed by atoms with Gasteiger partial charge in [-0.15, -0.1) is 0 Å². The lowest BCUT2D eigenvalue weighted by atomic mass is 10.2. The molecule has 0 saturated heterocycles. The van der Waals surface area contributed by atoms with Gasteiger partial charge in [-0.2, -0.15) is 0 Å². The van der Waals surface area contributed by atoms with E-state index in [0.717, 1.165) is 12.1 Å². The first kappa shape index (κ1) is 13.5. The van der Waals surface area contributed by atoms with Crippen LogP contribution in [0, 0.1) is 0 Å². The fourth-order valence-electron chi connectivity index (χ4n) is 1.32. The summed E-state index contributed by atoms with van der Waals surface area (Å²) in [5.74, 6) is 0.0241. The van der Waals surface area contributed by atoms with E-state index in [9.17, 15) is 4.79 Å². The second kappa shape index (κ2) is 7.63. The van der Waals surface area contributed by atoms with Crippen LogP contribution >= 0.6 is 0 Å². The van der Waals surface area contributed by atoms with Crippen LogP contribution in [0.4, 0.5) is 0 Å². The molecule has 0 spiro atoms. The molecule has 0 aliphatic heterocycles. The SMILES string of the molecule is CC(C)=CCNCC(=O)NCc1ccccc1. The standard InChI is InChI=1S/C14H20N2O/c1-12(2)8-9-15-11-14(17)16-10-13-6-4-3-5-7-13/h3-8,15H,9-11H2,1-2H3,(H,16,17). The largest absolute Gasteiger partial charge is 0.351 e. The van der Waals surface area contributed by atoms with Crippen molar-refractivity contribution in [2.45, 2.75) is 20.4 Å². The van der Waals surface area contributed by atoms with Crippen molar-refractivity contribution in [2.24, 2.45) is 0 Å². The van der Waals surface area contributed by atoms with Gasteiger partial charge in [-0.1, -0.05) is 42.0 Å².